The molecule has 0 amide bonds. The molecule has 0 nitrogen and oxygen atoms in total. The van der Waals surface area contributed by atoms with E-state index in [2.05, 4.69) is 124 Å². The minimum atomic E-state index is -1.99. The van der Waals surface area contributed by atoms with Gasteiger partial charge in [0.1, 0.15) is 0 Å². The predicted octanol–water partition coefficient (Wildman–Crippen LogP) is 10.7. The van der Waals surface area contributed by atoms with Crippen molar-refractivity contribution >= 4 is 8.07 Å². The Balaban J connectivity index is 1.43. The average Bonchev–Trinajstić information content (AvgIpc) is 3.46. The van der Waals surface area contributed by atoms with Crippen molar-refractivity contribution in [3.63, 3.8) is 0 Å². The number of hydrogen-bond donors (Lipinski definition) is 0. The zero-order valence-corrected chi connectivity index (χ0v) is 24.2. The van der Waals surface area contributed by atoms with Crippen LogP contribution >= 0.6 is 0 Å². The first-order valence-electron chi connectivity index (χ1n) is 14.6. The van der Waals surface area contributed by atoms with Crippen LogP contribution in [0.3, 0.4) is 0 Å². The molecule has 0 radical (unpaired) electrons. The molecule has 4 aromatic rings. The Bertz CT molecular complexity index is 1290. The summed E-state index contributed by atoms with van der Waals surface area (Å²) in [4.78, 5) is 0. The summed E-state index contributed by atoms with van der Waals surface area (Å²) in [7, 11) is -1.99. The Morgan fingerprint density at radius 2 is 0.921 bits per heavy atom. The second-order valence-corrected chi connectivity index (χ2v) is 16.6. The molecule has 6 rings (SSSR count). The fourth-order valence-corrected chi connectivity index (χ4v) is 13.4. The highest BCUT2D eigenvalue weighted by Gasteiger charge is 2.51. The van der Waals surface area contributed by atoms with E-state index >= 15 is 0 Å². The molecule has 0 unspecified atom stereocenters. The summed E-state index contributed by atoms with van der Waals surface area (Å²) in [5.41, 5.74) is 14.7. The molecule has 0 atom stereocenters. The Morgan fingerprint density at radius 3 is 1.32 bits per heavy atom. The van der Waals surface area contributed by atoms with Crippen LogP contribution in [-0.2, 0) is 0 Å². The maximum atomic E-state index is 2.75. The zero-order chi connectivity index (χ0) is 26.1. The summed E-state index contributed by atoms with van der Waals surface area (Å²) in [6, 6.07) is 38.6. The van der Waals surface area contributed by atoms with E-state index in [1.807, 2.05) is 0 Å². The van der Waals surface area contributed by atoms with Crippen LogP contribution in [0.5, 0.6) is 0 Å². The molecule has 38 heavy (non-hydrogen) atoms. The number of rotatable bonds is 9. The average molecular weight is 513 g/mol. The third-order valence-corrected chi connectivity index (χ3v) is 14.5. The minimum absolute atomic E-state index is 0.518. The van der Waals surface area contributed by atoms with Crippen molar-refractivity contribution in [1.82, 2.24) is 0 Å². The molecule has 0 aromatic heterocycles. The van der Waals surface area contributed by atoms with Crippen molar-refractivity contribution in [1.29, 1.82) is 0 Å². The van der Waals surface area contributed by atoms with E-state index in [1.54, 1.807) is 22.3 Å². The summed E-state index contributed by atoms with van der Waals surface area (Å²) in [6.45, 7) is 7.18. The van der Waals surface area contributed by atoms with Crippen LogP contribution in [0.4, 0.5) is 0 Å². The van der Waals surface area contributed by atoms with Crippen LogP contribution in [0.25, 0.3) is 22.3 Å². The fourth-order valence-electron chi connectivity index (χ4n) is 7.58. The summed E-state index contributed by atoms with van der Waals surface area (Å²) in [5, 5.41) is 0. The molecular formula is C37H40Si. The smallest absolute Gasteiger partial charge is 0.0761 e. The van der Waals surface area contributed by atoms with Crippen molar-refractivity contribution in [3.05, 3.63) is 131 Å². The van der Waals surface area contributed by atoms with Crippen molar-refractivity contribution in [3.8, 4) is 22.3 Å². The Morgan fingerprint density at radius 1 is 0.553 bits per heavy atom. The number of fused-ring (bicyclic) bond motifs is 6. The van der Waals surface area contributed by atoms with Crippen LogP contribution < -0.4 is 0 Å². The van der Waals surface area contributed by atoms with Crippen molar-refractivity contribution in [2.75, 3.05) is 0 Å². The molecule has 0 bridgehead atoms. The summed E-state index contributed by atoms with van der Waals surface area (Å²) in [6.07, 6.45) is 8.95. The van der Waals surface area contributed by atoms with Gasteiger partial charge in [0.2, 0.25) is 0 Å². The molecule has 2 aliphatic rings. The molecule has 1 heteroatoms. The second-order valence-electron chi connectivity index (χ2n) is 12.0. The minimum Gasteiger partial charge on any atom is -0.0859 e. The van der Waals surface area contributed by atoms with Crippen LogP contribution in [0, 0.1) is 0 Å². The lowest BCUT2D eigenvalue weighted by molar-refractivity contribution is 0.665. The van der Waals surface area contributed by atoms with E-state index in [4.69, 9.17) is 0 Å². The van der Waals surface area contributed by atoms with Gasteiger partial charge in [0.15, 0.2) is 0 Å². The van der Waals surface area contributed by atoms with Crippen molar-refractivity contribution in [2.24, 2.45) is 0 Å². The fraction of sp³-hybridized carbons (Fsp3) is 0.297. The highest BCUT2D eigenvalue weighted by atomic mass is 28.3. The van der Waals surface area contributed by atoms with Crippen LogP contribution in [-0.4, -0.2) is 8.07 Å². The summed E-state index contributed by atoms with van der Waals surface area (Å²) in [5.74, 6) is 0. The number of benzene rings is 4. The Hall–Kier alpha value is -3.16. The van der Waals surface area contributed by atoms with Gasteiger partial charge in [-0.2, -0.15) is 0 Å². The molecule has 0 saturated heterocycles. The first-order chi connectivity index (χ1) is 18.6. The van der Waals surface area contributed by atoms with Crippen LogP contribution in [0.1, 0.15) is 79.3 Å². The molecular weight excluding hydrogens is 472 g/mol. The van der Waals surface area contributed by atoms with Gasteiger partial charge in [0.25, 0.3) is 0 Å². The first kappa shape index (κ1) is 25.1. The maximum absolute atomic E-state index is 2.75. The second kappa shape index (κ2) is 10.5. The maximum Gasteiger partial charge on any atom is 0.0761 e. The van der Waals surface area contributed by atoms with Gasteiger partial charge >= 0.3 is 0 Å². The van der Waals surface area contributed by atoms with Crippen LogP contribution in [0.2, 0.25) is 12.6 Å². The number of allylic oxidation sites excluding steroid dienone is 2. The summed E-state index contributed by atoms with van der Waals surface area (Å²) < 4.78 is 0. The topological polar surface area (TPSA) is 0 Å². The first-order valence-corrected chi connectivity index (χ1v) is 17.5. The molecule has 0 N–H and O–H groups in total. The van der Waals surface area contributed by atoms with Gasteiger partial charge in [-0.1, -0.05) is 141 Å². The molecule has 0 aliphatic heterocycles. The lowest BCUT2D eigenvalue weighted by Gasteiger charge is -2.41. The molecule has 0 heterocycles. The quantitative estimate of drug-likeness (QED) is 0.119. The van der Waals surface area contributed by atoms with Gasteiger partial charge in [-0.15, -0.1) is 0 Å². The lowest BCUT2D eigenvalue weighted by Crippen LogP contribution is -2.45. The third kappa shape index (κ3) is 4.31. The van der Waals surface area contributed by atoms with E-state index in [0.29, 0.717) is 11.1 Å². The largest absolute Gasteiger partial charge is 0.0859 e. The Kier molecular flexibility index (Phi) is 6.97. The molecule has 0 saturated carbocycles. The van der Waals surface area contributed by atoms with Gasteiger partial charge in [-0.05, 0) is 71.2 Å². The highest BCUT2D eigenvalue weighted by Crippen LogP contribution is 2.58. The molecule has 192 valence electrons. The molecule has 0 spiro atoms. The Labute approximate surface area is 230 Å². The van der Waals surface area contributed by atoms with Gasteiger partial charge in [0, 0.05) is 11.1 Å². The summed E-state index contributed by atoms with van der Waals surface area (Å²) >= 11 is 0. The van der Waals surface area contributed by atoms with Gasteiger partial charge in [0.05, 0.1) is 8.07 Å². The van der Waals surface area contributed by atoms with E-state index in [-0.39, 0.29) is 0 Å². The normalized spacial score (nSPS) is 14.1. The highest BCUT2D eigenvalue weighted by molar-refractivity contribution is 6.83. The monoisotopic (exact) mass is 512 g/mol. The van der Waals surface area contributed by atoms with E-state index in [1.165, 1.54) is 66.0 Å². The van der Waals surface area contributed by atoms with Crippen LogP contribution in [0.15, 0.2) is 109 Å². The number of unbranched alkanes of at least 4 members (excludes halogenated alkanes) is 4. The molecule has 2 aliphatic carbocycles. The van der Waals surface area contributed by atoms with Gasteiger partial charge in [-0.25, -0.2) is 0 Å². The van der Waals surface area contributed by atoms with Crippen molar-refractivity contribution in [2.45, 2.75) is 69.6 Å². The van der Waals surface area contributed by atoms with Gasteiger partial charge < -0.3 is 0 Å². The zero-order valence-electron chi connectivity index (χ0n) is 23.2. The predicted molar refractivity (Wildman–Crippen MR) is 166 cm³/mol. The molecule has 0 fully saturated rings. The number of hydrogen-bond acceptors (Lipinski definition) is 0. The third-order valence-electron chi connectivity index (χ3n) is 9.21. The van der Waals surface area contributed by atoms with Gasteiger partial charge in [-0.3, -0.25) is 0 Å². The SMILES string of the molecule is CC(C)=CCCCCCC[Si](C)(C1c2ccccc2-c2ccccc21)C1c2ccccc2-c2ccccc21. The molecule has 4 aromatic carbocycles. The lowest BCUT2D eigenvalue weighted by atomic mass is 10.1. The van der Waals surface area contributed by atoms with Crippen molar-refractivity contribution < 1.29 is 0 Å². The van der Waals surface area contributed by atoms with E-state index in [0.717, 1.165) is 0 Å². The van der Waals surface area contributed by atoms with E-state index in [9.17, 15) is 0 Å². The standard InChI is InChI=1S/C37H40Si/c1-27(2)17-7-5-4-6-16-26-38(3,36-32-22-12-8-18-28(32)29-19-9-13-23-33(29)36)37-34-24-14-10-20-30(34)31-21-11-15-25-35(31)37/h8-15,17-25,36-37H,4-7,16,26H2,1-3H3. The van der Waals surface area contributed by atoms with E-state index < -0.39 is 8.07 Å².